The van der Waals surface area contributed by atoms with E-state index in [1.54, 1.807) is 11.6 Å². The number of thiazole rings is 1. The van der Waals surface area contributed by atoms with Crippen LogP contribution in [0.4, 0.5) is 0 Å². The average Bonchev–Trinajstić information content (AvgIpc) is 2.87. The van der Waals surface area contributed by atoms with Gasteiger partial charge in [-0.3, -0.25) is 4.40 Å². The van der Waals surface area contributed by atoms with E-state index in [4.69, 9.17) is 11.6 Å². The van der Waals surface area contributed by atoms with Crippen LogP contribution >= 0.6 is 22.9 Å². The molecular weight excluding hydrogens is 306 g/mol. The number of aromatic nitrogens is 2. The molecular formula is C11H16ClN3O2S2. The Morgan fingerprint density at radius 3 is 2.89 bits per heavy atom. The van der Waals surface area contributed by atoms with Crippen LogP contribution in [0.15, 0.2) is 16.6 Å². The molecule has 1 atom stereocenters. The van der Waals surface area contributed by atoms with Gasteiger partial charge >= 0.3 is 0 Å². The Bertz CT molecular complexity index is 663. The molecule has 0 aliphatic carbocycles. The van der Waals surface area contributed by atoms with Gasteiger partial charge in [-0.25, -0.2) is 18.1 Å². The lowest BCUT2D eigenvalue weighted by Gasteiger charge is -2.15. The van der Waals surface area contributed by atoms with Crippen LogP contribution in [-0.2, 0) is 10.0 Å². The smallest absolute Gasteiger partial charge is 0.260 e. The molecule has 0 saturated carbocycles. The van der Waals surface area contributed by atoms with E-state index >= 15 is 0 Å². The van der Waals surface area contributed by atoms with Crippen LogP contribution in [0.25, 0.3) is 4.96 Å². The number of nitrogens with one attached hydrogen (secondary N) is 1. The van der Waals surface area contributed by atoms with Crippen molar-refractivity contribution in [2.45, 2.75) is 44.2 Å². The zero-order valence-corrected chi connectivity index (χ0v) is 13.1. The maximum absolute atomic E-state index is 12.4. The minimum absolute atomic E-state index is 0.0192. The van der Waals surface area contributed by atoms with Gasteiger partial charge in [0.1, 0.15) is 0 Å². The summed E-state index contributed by atoms with van der Waals surface area (Å²) in [5.74, 6) is 0. The van der Waals surface area contributed by atoms with Crippen LogP contribution in [0.3, 0.4) is 0 Å². The Labute approximate surface area is 121 Å². The molecule has 106 valence electrons. The molecule has 0 amide bonds. The molecule has 0 spiro atoms. The van der Waals surface area contributed by atoms with Crippen molar-refractivity contribution in [3.63, 3.8) is 0 Å². The number of rotatable bonds is 6. The molecule has 0 fully saturated rings. The van der Waals surface area contributed by atoms with E-state index in [1.165, 1.54) is 15.7 Å². The Kier molecular flexibility index (Phi) is 4.50. The quantitative estimate of drug-likeness (QED) is 0.889. The van der Waals surface area contributed by atoms with Crippen molar-refractivity contribution in [2.24, 2.45) is 0 Å². The van der Waals surface area contributed by atoms with Crippen molar-refractivity contribution in [3.05, 3.63) is 16.7 Å². The number of imidazole rings is 1. The minimum atomic E-state index is -3.65. The number of halogens is 1. The Morgan fingerprint density at radius 2 is 2.26 bits per heavy atom. The highest BCUT2D eigenvalue weighted by atomic mass is 35.5. The van der Waals surface area contributed by atoms with Crippen LogP contribution in [0.5, 0.6) is 0 Å². The highest BCUT2D eigenvalue weighted by Gasteiger charge is 2.26. The molecule has 19 heavy (non-hydrogen) atoms. The molecule has 0 aliphatic heterocycles. The first kappa shape index (κ1) is 14.8. The second-order valence-electron chi connectivity index (χ2n) is 4.28. The van der Waals surface area contributed by atoms with Gasteiger partial charge in [-0.2, -0.15) is 0 Å². The normalized spacial score (nSPS) is 14.1. The monoisotopic (exact) mass is 321 g/mol. The highest BCUT2D eigenvalue weighted by molar-refractivity contribution is 7.89. The van der Waals surface area contributed by atoms with E-state index in [1.807, 2.05) is 13.8 Å². The summed E-state index contributed by atoms with van der Waals surface area (Å²) < 4.78 is 29.0. The van der Waals surface area contributed by atoms with E-state index in [-0.39, 0.29) is 16.2 Å². The summed E-state index contributed by atoms with van der Waals surface area (Å²) in [7, 11) is -3.65. The summed E-state index contributed by atoms with van der Waals surface area (Å²) in [6, 6.07) is -0.0738. The fraction of sp³-hybridized carbons (Fsp3) is 0.545. The summed E-state index contributed by atoms with van der Waals surface area (Å²) in [5, 5.41) is 1.83. The zero-order valence-electron chi connectivity index (χ0n) is 10.8. The van der Waals surface area contributed by atoms with Crippen molar-refractivity contribution in [1.29, 1.82) is 0 Å². The van der Waals surface area contributed by atoms with Gasteiger partial charge in [0.25, 0.3) is 10.0 Å². The summed E-state index contributed by atoms with van der Waals surface area (Å²) in [6.07, 6.45) is 4.14. The van der Waals surface area contributed by atoms with Crippen molar-refractivity contribution in [1.82, 2.24) is 14.1 Å². The van der Waals surface area contributed by atoms with Gasteiger partial charge in [0.05, 0.1) is 0 Å². The molecule has 1 unspecified atom stereocenters. The fourth-order valence-electron chi connectivity index (χ4n) is 1.95. The van der Waals surface area contributed by atoms with Gasteiger partial charge in [0.2, 0.25) is 0 Å². The van der Waals surface area contributed by atoms with Crippen LogP contribution in [0.1, 0.15) is 33.1 Å². The first-order valence-corrected chi connectivity index (χ1v) is 8.87. The predicted molar refractivity (Wildman–Crippen MR) is 77.4 cm³/mol. The highest BCUT2D eigenvalue weighted by Crippen LogP contribution is 2.25. The van der Waals surface area contributed by atoms with Gasteiger partial charge in [-0.1, -0.05) is 31.9 Å². The summed E-state index contributed by atoms with van der Waals surface area (Å²) in [4.78, 5) is 4.62. The van der Waals surface area contributed by atoms with Crippen molar-refractivity contribution in [2.75, 3.05) is 0 Å². The van der Waals surface area contributed by atoms with Crippen LogP contribution in [-0.4, -0.2) is 23.8 Å². The third-order valence-corrected chi connectivity index (χ3v) is 5.56. The molecule has 0 saturated heterocycles. The van der Waals surface area contributed by atoms with Gasteiger partial charge < -0.3 is 0 Å². The van der Waals surface area contributed by atoms with Gasteiger partial charge in [0, 0.05) is 17.6 Å². The van der Waals surface area contributed by atoms with Gasteiger partial charge in [0.15, 0.2) is 15.1 Å². The number of nitrogens with zero attached hydrogens (tertiary/aromatic N) is 2. The van der Waals surface area contributed by atoms with E-state index in [9.17, 15) is 8.42 Å². The zero-order chi connectivity index (χ0) is 14.0. The van der Waals surface area contributed by atoms with Crippen LogP contribution < -0.4 is 4.72 Å². The molecule has 2 aromatic heterocycles. The second kappa shape index (κ2) is 5.78. The SMILES string of the molecule is CCCC(CC)NS(=O)(=O)c1c(Cl)nc2sccn12. The Hall–Kier alpha value is -0.630. The minimum Gasteiger partial charge on any atom is -0.279 e. The Morgan fingerprint density at radius 1 is 1.53 bits per heavy atom. The molecule has 2 rings (SSSR count). The molecule has 0 radical (unpaired) electrons. The number of hydrogen-bond donors (Lipinski definition) is 1. The first-order valence-electron chi connectivity index (χ1n) is 6.13. The summed E-state index contributed by atoms with van der Waals surface area (Å²) in [6.45, 7) is 3.99. The standard InChI is InChI=1S/C11H16ClN3O2S2/c1-3-5-8(4-2)14-19(16,17)10-9(12)13-11-15(10)6-7-18-11/h6-8,14H,3-5H2,1-2H3. The summed E-state index contributed by atoms with van der Waals surface area (Å²) >= 11 is 7.30. The predicted octanol–water partition coefficient (Wildman–Crippen LogP) is 2.91. The molecule has 1 N–H and O–H groups in total. The number of hydrogen-bond acceptors (Lipinski definition) is 4. The molecule has 2 heterocycles. The second-order valence-corrected chi connectivity index (χ2v) is 7.14. The van der Waals surface area contributed by atoms with Crippen molar-refractivity contribution in [3.8, 4) is 0 Å². The van der Waals surface area contributed by atoms with E-state index < -0.39 is 10.0 Å². The third kappa shape index (κ3) is 2.94. The number of fused-ring (bicyclic) bond motifs is 1. The summed E-state index contributed by atoms with van der Waals surface area (Å²) in [5.41, 5.74) is 0. The molecule has 8 heteroatoms. The Balaban J connectivity index is 2.38. The van der Waals surface area contributed by atoms with Crippen molar-refractivity contribution >= 4 is 37.9 Å². The maximum Gasteiger partial charge on any atom is 0.260 e. The lowest BCUT2D eigenvalue weighted by atomic mass is 10.1. The fourth-order valence-corrected chi connectivity index (χ4v) is 4.76. The third-order valence-electron chi connectivity index (χ3n) is 2.88. The van der Waals surface area contributed by atoms with Crippen molar-refractivity contribution < 1.29 is 8.42 Å². The van der Waals surface area contributed by atoms with E-state index in [2.05, 4.69) is 9.71 Å². The molecule has 0 bridgehead atoms. The van der Waals surface area contributed by atoms with Gasteiger partial charge in [-0.05, 0) is 12.8 Å². The first-order chi connectivity index (χ1) is 8.99. The lowest BCUT2D eigenvalue weighted by Crippen LogP contribution is -2.35. The van der Waals surface area contributed by atoms with E-state index in [0.29, 0.717) is 4.96 Å². The topological polar surface area (TPSA) is 63.5 Å². The molecule has 0 aliphatic rings. The van der Waals surface area contributed by atoms with Crippen LogP contribution in [0, 0.1) is 0 Å². The average molecular weight is 322 g/mol. The number of sulfonamides is 1. The van der Waals surface area contributed by atoms with Gasteiger partial charge in [-0.15, -0.1) is 11.3 Å². The van der Waals surface area contributed by atoms with E-state index in [0.717, 1.165) is 19.3 Å². The lowest BCUT2D eigenvalue weighted by molar-refractivity contribution is 0.510. The molecule has 5 nitrogen and oxygen atoms in total. The molecule has 0 aromatic carbocycles. The van der Waals surface area contributed by atoms with Crippen LogP contribution in [0.2, 0.25) is 5.15 Å². The molecule has 2 aromatic rings. The maximum atomic E-state index is 12.4. The largest absolute Gasteiger partial charge is 0.279 e.